The molecule has 5 nitrogen and oxygen atoms in total. The van der Waals surface area contributed by atoms with Crippen molar-refractivity contribution in [1.29, 1.82) is 0 Å². The Morgan fingerprint density at radius 2 is 1.96 bits per heavy atom. The molecule has 0 fully saturated rings. The highest BCUT2D eigenvalue weighted by Gasteiger charge is 2.21. The number of carbonyl (C=O) groups excluding carboxylic acids is 1. The molecule has 1 aliphatic heterocycles. The van der Waals surface area contributed by atoms with Gasteiger partial charge >= 0.3 is 5.97 Å². The van der Waals surface area contributed by atoms with Crippen molar-refractivity contribution in [2.45, 2.75) is 32.3 Å². The summed E-state index contributed by atoms with van der Waals surface area (Å²) in [7, 11) is 0. The molecule has 1 unspecified atom stereocenters. The number of nitroso groups, excluding NO2 is 1. The SMILES string of the molecule is CC1C/C=C/CC/C=C/C=C/c2cc(O)cc(N=O)c2C(=O)O1. The lowest BCUT2D eigenvalue weighted by atomic mass is 10.0. The first kappa shape index (κ1) is 16.7. The number of cyclic esters (lactones) is 1. The molecular formula is C18H19NO4. The summed E-state index contributed by atoms with van der Waals surface area (Å²) < 4.78 is 5.38. The maximum absolute atomic E-state index is 12.4. The summed E-state index contributed by atoms with van der Waals surface area (Å²) in [6, 6.07) is 2.57. The van der Waals surface area contributed by atoms with Gasteiger partial charge in [0.15, 0.2) is 0 Å². The van der Waals surface area contributed by atoms with Gasteiger partial charge in [-0.15, -0.1) is 4.91 Å². The molecular weight excluding hydrogens is 294 g/mol. The van der Waals surface area contributed by atoms with E-state index in [1.165, 1.54) is 6.07 Å². The molecule has 0 bridgehead atoms. The number of rotatable bonds is 1. The Bertz CT molecular complexity index is 674. The molecule has 120 valence electrons. The normalized spacial score (nSPS) is 23.0. The van der Waals surface area contributed by atoms with E-state index >= 15 is 0 Å². The van der Waals surface area contributed by atoms with Crippen LogP contribution in [0.1, 0.15) is 42.1 Å². The van der Waals surface area contributed by atoms with Crippen LogP contribution in [0.5, 0.6) is 5.75 Å². The van der Waals surface area contributed by atoms with Gasteiger partial charge in [-0.05, 0) is 36.6 Å². The second-order valence-electron chi connectivity index (χ2n) is 5.31. The van der Waals surface area contributed by atoms with Gasteiger partial charge in [0, 0.05) is 12.5 Å². The molecule has 1 N–H and O–H groups in total. The fourth-order valence-corrected chi connectivity index (χ4v) is 2.28. The fourth-order valence-electron chi connectivity index (χ4n) is 2.28. The summed E-state index contributed by atoms with van der Waals surface area (Å²) in [5, 5.41) is 12.5. The van der Waals surface area contributed by atoms with Crippen LogP contribution >= 0.6 is 0 Å². The maximum Gasteiger partial charge on any atom is 0.341 e. The van der Waals surface area contributed by atoms with Gasteiger partial charge < -0.3 is 9.84 Å². The van der Waals surface area contributed by atoms with Gasteiger partial charge in [0.2, 0.25) is 0 Å². The Hall–Kier alpha value is -2.69. The number of allylic oxidation sites excluding steroid dienone is 4. The summed E-state index contributed by atoms with van der Waals surface area (Å²) in [4.78, 5) is 23.4. The zero-order valence-electron chi connectivity index (χ0n) is 12.9. The standard InChI is InChI=1S/C18H19NO4/c1-13-9-7-5-3-2-4-6-8-10-14-11-15(20)12-16(19-22)17(14)18(21)23-13/h4-8,10-13,20H,2-3,9H2,1H3/b6-4+,7-5+,10-8+. The summed E-state index contributed by atoms with van der Waals surface area (Å²) in [5.74, 6) is -0.752. The Balaban J connectivity index is 2.47. The predicted octanol–water partition coefficient (Wildman–Crippen LogP) is 4.64. The van der Waals surface area contributed by atoms with E-state index in [9.17, 15) is 14.8 Å². The van der Waals surface area contributed by atoms with Gasteiger partial charge in [0.05, 0.1) is 5.56 Å². The Kier molecular flexibility index (Phi) is 5.86. The van der Waals surface area contributed by atoms with Crippen molar-refractivity contribution in [3.8, 4) is 5.75 Å². The molecule has 1 aromatic rings. The molecule has 0 aliphatic carbocycles. The third-order valence-electron chi connectivity index (χ3n) is 3.40. The number of nitrogens with zero attached hydrogens (tertiary/aromatic N) is 1. The van der Waals surface area contributed by atoms with E-state index in [2.05, 4.69) is 11.3 Å². The van der Waals surface area contributed by atoms with Gasteiger partial charge in [-0.1, -0.05) is 36.5 Å². The summed E-state index contributed by atoms with van der Waals surface area (Å²) in [6.45, 7) is 1.79. The van der Waals surface area contributed by atoms with Crippen LogP contribution in [-0.4, -0.2) is 17.2 Å². The number of aromatic hydroxyl groups is 1. The van der Waals surface area contributed by atoms with Crippen LogP contribution in [0.3, 0.4) is 0 Å². The molecule has 1 atom stereocenters. The molecule has 2 rings (SSSR count). The molecule has 0 radical (unpaired) electrons. The first-order chi connectivity index (χ1) is 11.1. The van der Waals surface area contributed by atoms with Gasteiger partial charge in [0.1, 0.15) is 17.5 Å². The Labute approximate surface area is 135 Å². The van der Waals surface area contributed by atoms with Crippen LogP contribution in [0.15, 0.2) is 47.7 Å². The van der Waals surface area contributed by atoms with Crippen molar-refractivity contribution in [2.24, 2.45) is 5.18 Å². The van der Waals surface area contributed by atoms with Crippen LogP contribution in [0.4, 0.5) is 5.69 Å². The highest BCUT2D eigenvalue weighted by atomic mass is 16.5. The van der Waals surface area contributed by atoms with Gasteiger partial charge in [-0.25, -0.2) is 4.79 Å². The smallest absolute Gasteiger partial charge is 0.341 e. The first-order valence-corrected chi connectivity index (χ1v) is 7.51. The van der Waals surface area contributed by atoms with E-state index in [0.29, 0.717) is 12.0 Å². The Morgan fingerprint density at radius 3 is 2.74 bits per heavy atom. The minimum Gasteiger partial charge on any atom is -0.508 e. The summed E-state index contributed by atoms with van der Waals surface area (Å²) in [5.41, 5.74) is 0.331. The van der Waals surface area contributed by atoms with Crippen molar-refractivity contribution < 1.29 is 14.6 Å². The monoisotopic (exact) mass is 313 g/mol. The second-order valence-corrected chi connectivity index (χ2v) is 5.31. The molecule has 0 saturated heterocycles. The van der Waals surface area contributed by atoms with Crippen LogP contribution in [0, 0.1) is 4.91 Å². The van der Waals surface area contributed by atoms with Crippen LogP contribution in [0.25, 0.3) is 6.08 Å². The number of ether oxygens (including phenoxy) is 1. The number of phenols is 1. The van der Waals surface area contributed by atoms with Crippen molar-refractivity contribution >= 4 is 17.7 Å². The quantitative estimate of drug-likeness (QED) is 0.465. The van der Waals surface area contributed by atoms with Crippen molar-refractivity contribution in [3.63, 3.8) is 0 Å². The number of esters is 1. The molecule has 1 heterocycles. The number of benzene rings is 1. The highest BCUT2D eigenvalue weighted by Crippen LogP contribution is 2.30. The molecule has 0 saturated carbocycles. The van der Waals surface area contributed by atoms with E-state index in [1.807, 2.05) is 18.2 Å². The van der Waals surface area contributed by atoms with Gasteiger partial charge in [0.25, 0.3) is 0 Å². The molecule has 5 heteroatoms. The lowest BCUT2D eigenvalue weighted by Crippen LogP contribution is -2.15. The number of hydrogen-bond acceptors (Lipinski definition) is 5. The molecule has 23 heavy (non-hydrogen) atoms. The number of carbonyl (C=O) groups is 1. The predicted molar refractivity (Wildman–Crippen MR) is 89.6 cm³/mol. The highest BCUT2D eigenvalue weighted by molar-refractivity contribution is 5.99. The lowest BCUT2D eigenvalue weighted by Gasteiger charge is -2.14. The minimum absolute atomic E-state index is 0.0651. The molecule has 0 amide bonds. The second kappa shape index (κ2) is 8.08. The number of hydrogen-bond donors (Lipinski definition) is 1. The van der Waals surface area contributed by atoms with E-state index in [0.717, 1.165) is 18.9 Å². The van der Waals surface area contributed by atoms with E-state index in [4.69, 9.17) is 4.74 Å². The minimum atomic E-state index is -0.624. The first-order valence-electron chi connectivity index (χ1n) is 7.51. The van der Waals surface area contributed by atoms with Gasteiger partial charge in [-0.3, -0.25) is 0 Å². The molecule has 0 aromatic heterocycles. The van der Waals surface area contributed by atoms with Crippen molar-refractivity contribution in [1.82, 2.24) is 0 Å². The number of phenolic OH excluding ortho intramolecular Hbond substituents is 1. The average molecular weight is 313 g/mol. The molecule has 0 spiro atoms. The van der Waals surface area contributed by atoms with Crippen molar-refractivity contribution in [2.75, 3.05) is 0 Å². The number of fused-ring (bicyclic) bond motifs is 1. The van der Waals surface area contributed by atoms with E-state index in [-0.39, 0.29) is 23.1 Å². The summed E-state index contributed by atoms with van der Waals surface area (Å²) in [6.07, 6.45) is 13.4. The zero-order valence-corrected chi connectivity index (χ0v) is 12.9. The molecule has 1 aromatic carbocycles. The maximum atomic E-state index is 12.4. The average Bonchev–Trinajstić information content (AvgIpc) is 2.51. The van der Waals surface area contributed by atoms with E-state index in [1.54, 1.807) is 19.1 Å². The zero-order chi connectivity index (χ0) is 16.7. The largest absolute Gasteiger partial charge is 0.508 e. The summed E-state index contributed by atoms with van der Waals surface area (Å²) >= 11 is 0. The third-order valence-corrected chi connectivity index (χ3v) is 3.40. The topological polar surface area (TPSA) is 76.0 Å². The van der Waals surface area contributed by atoms with Gasteiger partial charge in [-0.2, -0.15) is 0 Å². The van der Waals surface area contributed by atoms with Crippen LogP contribution in [-0.2, 0) is 4.74 Å². The van der Waals surface area contributed by atoms with Crippen LogP contribution in [0.2, 0.25) is 0 Å². The lowest BCUT2D eigenvalue weighted by molar-refractivity contribution is 0.0348. The Morgan fingerprint density at radius 1 is 1.17 bits per heavy atom. The van der Waals surface area contributed by atoms with Crippen molar-refractivity contribution in [3.05, 3.63) is 58.5 Å². The van der Waals surface area contributed by atoms with Crippen LogP contribution < -0.4 is 0 Å². The third kappa shape index (κ3) is 4.64. The fraction of sp³-hybridized carbons (Fsp3) is 0.278. The molecule has 1 aliphatic rings. The van der Waals surface area contributed by atoms with E-state index < -0.39 is 5.97 Å².